The van der Waals surface area contributed by atoms with E-state index in [2.05, 4.69) is 10.3 Å². The number of pyridine rings is 1. The van der Waals surface area contributed by atoms with Gasteiger partial charge in [-0.2, -0.15) is 0 Å². The maximum absolute atomic E-state index is 12.7. The maximum Gasteiger partial charge on any atom is 0.123 e. The van der Waals surface area contributed by atoms with Gasteiger partial charge in [0.1, 0.15) is 5.82 Å². The summed E-state index contributed by atoms with van der Waals surface area (Å²) in [7, 11) is 0. The summed E-state index contributed by atoms with van der Waals surface area (Å²) in [5.41, 5.74) is 3.02. The molecule has 2 rings (SSSR count). The molecule has 1 heterocycles. The van der Waals surface area contributed by atoms with E-state index in [1.165, 1.54) is 12.1 Å². The highest BCUT2D eigenvalue weighted by Crippen LogP contribution is 2.10. The second kappa shape index (κ2) is 4.75. The van der Waals surface area contributed by atoms with Crippen LogP contribution in [0.15, 0.2) is 42.6 Å². The molecule has 1 aromatic heterocycles. The first kappa shape index (κ1) is 10.6. The van der Waals surface area contributed by atoms with E-state index in [9.17, 15) is 4.39 Å². The van der Waals surface area contributed by atoms with Crippen molar-refractivity contribution >= 4 is 5.69 Å². The molecular formula is C13H13FN2. The maximum atomic E-state index is 12.7. The number of nitrogens with one attached hydrogen (secondary N) is 1. The molecule has 0 radical (unpaired) electrons. The van der Waals surface area contributed by atoms with Gasteiger partial charge in [-0.3, -0.25) is 4.98 Å². The van der Waals surface area contributed by atoms with E-state index < -0.39 is 0 Å². The normalized spacial score (nSPS) is 10.1. The van der Waals surface area contributed by atoms with E-state index in [1.807, 2.05) is 25.3 Å². The Labute approximate surface area is 94.2 Å². The van der Waals surface area contributed by atoms with Crippen LogP contribution in [-0.2, 0) is 6.54 Å². The van der Waals surface area contributed by atoms with Crippen molar-refractivity contribution in [3.05, 3.63) is 59.7 Å². The van der Waals surface area contributed by atoms with Crippen molar-refractivity contribution in [1.29, 1.82) is 0 Å². The quantitative estimate of drug-likeness (QED) is 0.852. The summed E-state index contributed by atoms with van der Waals surface area (Å²) >= 11 is 0. The summed E-state index contributed by atoms with van der Waals surface area (Å²) in [6.07, 6.45) is 1.84. The Morgan fingerprint density at radius 3 is 2.50 bits per heavy atom. The van der Waals surface area contributed by atoms with E-state index in [-0.39, 0.29) is 5.82 Å². The molecule has 16 heavy (non-hydrogen) atoms. The van der Waals surface area contributed by atoms with E-state index in [0.29, 0.717) is 6.54 Å². The van der Waals surface area contributed by atoms with Gasteiger partial charge in [0, 0.05) is 24.1 Å². The predicted molar refractivity (Wildman–Crippen MR) is 62.7 cm³/mol. The number of anilines is 1. The Balaban J connectivity index is 1.97. The Hall–Kier alpha value is -1.90. The van der Waals surface area contributed by atoms with Crippen molar-refractivity contribution in [2.75, 3.05) is 5.32 Å². The Bertz CT molecular complexity index is 403. The third kappa shape index (κ3) is 2.79. The van der Waals surface area contributed by atoms with Crippen LogP contribution in [0.5, 0.6) is 0 Å². The predicted octanol–water partition coefficient (Wildman–Crippen LogP) is 3.14. The van der Waals surface area contributed by atoms with Crippen LogP contribution in [0, 0.1) is 12.7 Å². The van der Waals surface area contributed by atoms with Gasteiger partial charge in [-0.15, -0.1) is 0 Å². The summed E-state index contributed by atoms with van der Waals surface area (Å²) < 4.78 is 12.7. The van der Waals surface area contributed by atoms with E-state index in [0.717, 1.165) is 16.9 Å². The molecule has 3 heteroatoms. The highest BCUT2D eigenvalue weighted by molar-refractivity contribution is 5.43. The topological polar surface area (TPSA) is 24.9 Å². The van der Waals surface area contributed by atoms with Crippen LogP contribution in [0.3, 0.4) is 0 Å². The number of benzene rings is 1. The van der Waals surface area contributed by atoms with Gasteiger partial charge >= 0.3 is 0 Å². The molecule has 2 nitrogen and oxygen atoms in total. The molecule has 0 bridgehead atoms. The average molecular weight is 216 g/mol. The number of halogens is 1. The summed E-state index contributed by atoms with van der Waals surface area (Å²) in [5.74, 6) is -0.220. The largest absolute Gasteiger partial charge is 0.381 e. The Morgan fingerprint density at radius 1 is 1.12 bits per heavy atom. The van der Waals surface area contributed by atoms with Gasteiger partial charge in [0.05, 0.1) is 0 Å². The molecule has 0 saturated heterocycles. The van der Waals surface area contributed by atoms with Crippen molar-refractivity contribution < 1.29 is 4.39 Å². The summed E-state index contributed by atoms with van der Waals surface area (Å²) in [6, 6.07) is 10.3. The summed E-state index contributed by atoms with van der Waals surface area (Å²) in [6.45, 7) is 2.65. The molecule has 0 saturated carbocycles. The lowest BCUT2D eigenvalue weighted by Crippen LogP contribution is -1.99. The second-order valence-corrected chi connectivity index (χ2v) is 3.67. The van der Waals surface area contributed by atoms with Crippen LogP contribution < -0.4 is 5.32 Å². The van der Waals surface area contributed by atoms with Gasteiger partial charge in [-0.25, -0.2) is 4.39 Å². The standard InChI is InChI=1S/C13H13FN2/c1-10-2-3-11(8-15-10)9-16-13-6-4-12(14)5-7-13/h2-8,16H,9H2,1H3. The van der Waals surface area contributed by atoms with Crippen molar-refractivity contribution in [2.24, 2.45) is 0 Å². The molecule has 0 amide bonds. The molecule has 0 fully saturated rings. The lowest BCUT2D eigenvalue weighted by Gasteiger charge is -2.06. The zero-order chi connectivity index (χ0) is 11.4. The fourth-order valence-corrected chi connectivity index (χ4v) is 1.37. The Kier molecular flexibility index (Phi) is 3.15. The number of aromatic nitrogens is 1. The van der Waals surface area contributed by atoms with Crippen LogP contribution in [0.4, 0.5) is 10.1 Å². The van der Waals surface area contributed by atoms with E-state index in [1.54, 1.807) is 12.1 Å². The molecule has 0 aliphatic heterocycles. The molecule has 0 aliphatic rings. The molecule has 0 atom stereocenters. The lowest BCUT2D eigenvalue weighted by atomic mass is 10.2. The average Bonchev–Trinajstić information content (AvgIpc) is 2.30. The monoisotopic (exact) mass is 216 g/mol. The van der Waals surface area contributed by atoms with Gasteiger partial charge in [0.25, 0.3) is 0 Å². The molecule has 0 unspecified atom stereocenters. The minimum atomic E-state index is -0.220. The van der Waals surface area contributed by atoms with Crippen molar-refractivity contribution in [3.8, 4) is 0 Å². The zero-order valence-corrected chi connectivity index (χ0v) is 9.07. The molecule has 0 aliphatic carbocycles. The van der Waals surface area contributed by atoms with Gasteiger partial charge < -0.3 is 5.32 Å². The number of hydrogen-bond donors (Lipinski definition) is 1. The smallest absolute Gasteiger partial charge is 0.123 e. The van der Waals surface area contributed by atoms with E-state index >= 15 is 0 Å². The van der Waals surface area contributed by atoms with E-state index in [4.69, 9.17) is 0 Å². The minimum Gasteiger partial charge on any atom is -0.381 e. The highest BCUT2D eigenvalue weighted by Gasteiger charge is 1.95. The number of aryl methyl sites for hydroxylation is 1. The first-order valence-electron chi connectivity index (χ1n) is 5.15. The first-order valence-corrected chi connectivity index (χ1v) is 5.15. The van der Waals surface area contributed by atoms with Gasteiger partial charge in [-0.1, -0.05) is 6.07 Å². The fraction of sp³-hybridized carbons (Fsp3) is 0.154. The molecule has 1 N–H and O–H groups in total. The number of rotatable bonds is 3. The Morgan fingerprint density at radius 2 is 1.88 bits per heavy atom. The molecule has 2 aromatic rings. The van der Waals surface area contributed by atoms with Gasteiger partial charge in [-0.05, 0) is 42.8 Å². The van der Waals surface area contributed by atoms with Crippen LogP contribution in [0.25, 0.3) is 0 Å². The van der Waals surface area contributed by atoms with Gasteiger partial charge in [0.2, 0.25) is 0 Å². The molecular weight excluding hydrogens is 203 g/mol. The first-order chi connectivity index (χ1) is 7.74. The van der Waals surface area contributed by atoms with Crippen molar-refractivity contribution in [3.63, 3.8) is 0 Å². The van der Waals surface area contributed by atoms with Gasteiger partial charge in [0.15, 0.2) is 0 Å². The number of hydrogen-bond acceptors (Lipinski definition) is 2. The van der Waals surface area contributed by atoms with Crippen LogP contribution in [0.2, 0.25) is 0 Å². The minimum absolute atomic E-state index is 0.220. The molecule has 1 aromatic carbocycles. The lowest BCUT2D eigenvalue weighted by molar-refractivity contribution is 0.628. The molecule has 0 spiro atoms. The zero-order valence-electron chi connectivity index (χ0n) is 9.07. The van der Waals surface area contributed by atoms with Crippen LogP contribution in [0.1, 0.15) is 11.3 Å². The third-order valence-corrected chi connectivity index (χ3v) is 2.31. The molecule has 82 valence electrons. The van der Waals surface area contributed by atoms with Crippen LogP contribution >= 0.6 is 0 Å². The summed E-state index contributed by atoms with van der Waals surface area (Å²) in [5, 5.41) is 3.20. The SMILES string of the molecule is Cc1ccc(CNc2ccc(F)cc2)cn1. The fourth-order valence-electron chi connectivity index (χ4n) is 1.37. The third-order valence-electron chi connectivity index (χ3n) is 2.31. The van der Waals surface area contributed by atoms with Crippen LogP contribution in [-0.4, -0.2) is 4.98 Å². The number of nitrogens with zero attached hydrogens (tertiary/aromatic N) is 1. The highest BCUT2D eigenvalue weighted by atomic mass is 19.1. The second-order valence-electron chi connectivity index (χ2n) is 3.67. The van der Waals surface area contributed by atoms with Crippen molar-refractivity contribution in [1.82, 2.24) is 4.98 Å². The van der Waals surface area contributed by atoms with Crippen molar-refractivity contribution in [2.45, 2.75) is 13.5 Å². The summed E-state index contributed by atoms with van der Waals surface area (Å²) in [4.78, 5) is 4.21.